The average Bonchev–Trinajstić information content (AvgIpc) is 2.67. The Kier molecular flexibility index (Phi) is 4.10. The first-order chi connectivity index (χ1) is 7.27. The monoisotopic (exact) mass is 227 g/mol. The van der Waals surface area contributed by atoms with Gasteiger partial charge in [0.05, 0.1) is 0 Å². The van der Waals surface area contributed by atoms with Crippen LogP contribution in [0.5, 0.6) is 0 Å². The Hall–Kier alpha value is -0.0100. The summed E-state index contributed by atoms with van der Waals surface area (Å²) < 4.78 is 0. The minimum absolute atomic E-state index is 0.302. The third-order valence-electron chi connectivity index (χ3n) is 3.74. The molecule has 0 amide bonds. The van der Waals surface area contributed by atoms with Crippen LogP contribution < -0.4 is 0 Å². The highest BCUT2D eigenvalue weighted by Gasteiger charge is 2.28. The van der Waals surface area contributed by atoms with Gasteiger partial charge in [0.1, 0.15) is 0 Å². The molecule has 0 bridgehead atoms. The smallest absolute Gasteiger partial charge is 0.0463 e. The molecule has 0 aromatic carbocycles. The number of halogens is 1. The summed E-state index contributed by atoms with van der Waals surface area (Å²) in [6, 6.07) is 0.620. The van der Waals surface area contributed by atoms with E-state index in [-0.39, 0.29) is 0 Å². The molecule has 86 valence electrons. The fourth-order valence-corrected chi connectivity index (χ4v) is 3.16. The van der Waals surface area contributed by atoms with Crippen LogP contribution in [0.2, 0.25) is 0 Å². The van der Waals surface area contributed by atoms with E-state index in [4.69, 9.17) is 11.6 Å². The van der Waals surface area contributed by atoms with Gasteiger partial charge in [-0.05, 0) is 52.0 Å². The van der Waals surface area contributed by atoms with E-state index in [1.807, 2.05) is 0 Å². The molecule has 2 unspecified atom stereocenters. The summed E-state index contributed by atoms with van der Waals surface area (Å²) in [4.78, 5) is 2.59. The van der Waals surface area contributed by atoms with Crippen LogP contribution in [0.1, 0.15) is 45.4 Å². The molecule has 2 heteroatoms. The summed E-state index contributed by atoms with van der Waals surface area (Å²) in [6.45, 7) is 4.57. The minimum atomic E-state index is 0.302. The van der Waals surface area contributed by atoms with Crippen LogP contribution in [0.4, 0.5) is 0 Å². The lowest BCUT2D eigenvalue weighted by molar-refractivity contribution is 0.268. The van der Waals surface area contributed by atoms with Crippen molar-refractivity contribution >= 4 is 11.6 Å². The van der Waals surface area contributed by atoms with Crippen molar-refractivity contribution in [3.63, 3.8) is 0 Å². The topological polar surface area (TPSA) is 3.24 Å². The van der Waals surface area contributed by atoms with Gasteiger partial charge >= 0.3 is 0 Å². The number of hydrogen-bond donors (Lipinski definition) is 0. The van der Waals surface area contributed by atoms with Crippen molar-refractivity contribution in [3.05, 3.63) is 11.6 Å². The first kappa shape index (κ1) is 11.5. The molecule has 2 aliphatic rings. The second kappa shape index (κ2) is 5.36. The van der Waals surface area contributed by atoms with Crippen LogP contribution in [0.3, 0.4) is 0 Å². The number of rotatable bonds is 3. The number of alkyl halides is 1. The number of nitrogens with zero attached hydrogens (tertiary/aromatic N) is 1. The molecule has 1 aliphatic carbocycles. The van der Waals surface area contributed by atoms with Crippen molar-refractivity contribution in [3.8, 4) is 0 Å². The van der Waals surface area contributed by atoms with Gasteiger partial charge in [-0.3, -0.25) is 4.90 Å². The van der Waals surface area contributed by atoms with Crippen molar-refractivity contribution in [1.82, 2.24) is 4.90 Å². The van der Waals surface area contributed by atoms with Crippen LogP contribution in [0, 0.1) is 0 Å². The first-order valence-electron chi connectivity index (χ1n) is 6.33. The van der Waals surface area contributed by atoms with Crippen LogP contribution in [0.15, 0.2) is 11.6 Å². The van der Waals surface area contributed by atoms with Gasteiger partial charge in [0.15, 0.2) is 0 Å². The van der Waals surface area contributed by atoms with Crippen molar-refractivity contribution < 1.29 is 0 Å². The van der Waals surface area contributed by atoms with Gasteiger partial charge in [0, 0.05) is 18.0 Å². The molecule has 1 saturated heterocycles. The number of allylic oxidation sites excluding steroid dienone is 1. The van der Waals surface area contributed by atoms with Gasteiger partial charge in [0.25, 0.3) is 0 Å². The Morgan fingerprint density at radius 2 is 2.33 bits per heavy atom. The normalized spacial score (nSPS) is 30.3. The second-order valence-electron chi connectivity index (χ2n) is 4.97. The maximum absolute atomic E-state index is 6.24. The zero-order valence-electron chi connectivity index (χ0n) is 9.71. The summed E-state index contributed by atoms with van der Waals surface area (Å²) in [6.07, 6.45) is 10.5. The molecule has 0 N–H and O–H groups in total. The van der Waals surface area contributed by atoms with Gasteiger partial charge in [-0.15, -0.1) is 11.6 Å². The predicted octanol–water partition coefficient (Wildman–Crippen LogP) is 3.58. The SMILES string of the molecule is CC(Cl)C1CCCN1CC1=CCCCC1. The van der Waals surface area contributed by atoms with Crippen LogP contribution in [-0.4, -0.2) is 29.4 Å². The molecule has 1 heterocycles. The molecular weight excluding hydrogens is 206 g/mol. The van der Waals surface area contributed by atoms with E-state index >= 15 is 0 Å². The van der Waals surface area contributed by atoms with E-state index in [9.17, 15) is 0 Å². The predicted molar refractivity (Wildman–Crippen MR) is 66.5 cm³/mol. The van der Waals surface area contributed by atoms with E-state index < -0.39 is 0 Å². The molecule has 1 nitrogen and oxygen atoms in total. The molecule has 1 aliphatic heterocycles. The van der Waals surface area contributed by atoms with E-state index in [2.05, 4.69) is 17.9 Å². The lowest BCUT2D eigenvalue weighted by Crippen LogP contribution is -2.36. The lowest BCUT2D eigenvalue weighted by Gasteiger charge is -2.28. The highest BCUT2D eigenvalue weighted by atomic mass is 35.5. The van der Waals surface area contributed by atoms with Crippen molar-refractivity contribution in [1.29, 1.82) is 0 Å². The van der Waals surface area contributed by atoms with Gasteiger partial charge in [-0.2, -0.15) is 0 Å². The molecule has 0 aromatic heterocycles. The van der Waals surface area contributed by atoms with Gasteiger partial charge in [0.2, 0.25) is 0 Å². The molecular formula is C13H22ClN. The van der Waals surface area contributed by atoms with Crippen molar-refractivity contribution in [2.24, 2.45) is 0 Å². The summed E-state index contributed by atoms with van der Waals surface area (Å²) in [5.41, 5.74) is 1.66. The lowest BCUT2D eigenvalue weighted by atomic mass is 9.99. The van der Waals surface area contributed by atoms with E-state index in [0.29, 0.717) is 11.4 Å². The zero-order valence-corrected chi connectivity index (χ0v) is 10.5. The van der Waals surface area contributed by atoms with E-state index in [1.165, 1.54) is 51.6 Å². The number of likely N-dealkylation sites (tertiary alicyclic amines) is 1. The standard InChI is InChI=1S/C13H22ClN/c1-11(14)13-8-5-9-15(13)10-12-6-3-2-4-7-12/h6,11,13H,2-5,7-10H2,1H3. The zero-order chi connectivity index (χ0) is 10.7. The van der Waals surface area contributed by atoms with Crippen LogP contribution in [-0.2, 0) is 0 Å². The van der Waals surface area contributed by atoms with E-state index in [0.717, 1.165) is 0 Å². The highest BCUT2D eigenvalue weighted by Crippen LogP contribution is 2.26. The molecule has 0 radical (unpaired) electrons. The molecule has 2 rings (SSSR count). The van der Waals surface area contributed by atoms with E-state index in [1.54, 1.807) is 5.57 Å². The van der Waals surface area contributed by atoms with Crippen LogP contribution >= 0.6 is 11.6 Å². The Bertz CT molecular complexity index is 235. The highest BCUT2D eigenvalue weighted by molar-refractivity contribution is 6.20. The fraction of sp³-hybridized carbons (Fsp3) is 0.846. The Balaban J connectivity index is 1.90. The summed E-state index contributed by atoms with van der Waals surface area (Å²) in [5, 5.41) is 0.302. The average molecular weight is 228 g/mol. The number of hydrogen-bond acceptors (Lipinski definition) is 1. The third kappa shape index (κ3) is 2.98. The van der Waals surface area contributed by atoms with Gasteiger partial charge < -0.3 is 0 Å². The van der Waals surface area contributed by atoms with Gasteiger partial charge in [-0.25, -0.2) is 0 Å². The summed E-state index contributed by atoms with van der Waals surface area (Å²) in [5.74, 6) is 0. The van der Waals surface area contributed by atoms with Crippen molar-refractivity contribution in [2.75, 3.05) is 13.1 Å². The van der Waals surface area contributed by atoms with Gasteiger partial charge in [-0.1, -0.05) is 11.6 Å². The Morgan fingerprint density at radius 1 is 1.47 bits per heavy atom. The molecule has 15 heavy (non-hydrogen) atoms. The first-order valence-corrected chi connectivity index (χ1v) is 6.77. The molecule has 0 saturated carbocycles. The van der Waals surface area contributed by atoms with Crippen molar-refractivity contribution in [2.45, 2.75) is 56.9 Å². The second-order valence-corrected chi connectivity index (χ2v) is 5.65. The summed E-state index contributed by atoms with van der Waals surface area (Å²) in [7, 11) is 0. The van der Waals surface area contributed by atoms with Crippen LogP contribution in [0.25, 0.3) is 0 Å². The third-order valence-corrected chi connectivity index (χ3v) is 4.03. The largest absolute Gasteiger partial charge is 0.295 e. The Labute approximate surface area is 98.5 Å². The molecule has 0 spiro atoms. The molecule has 2 atom stereocenters. The minimum Gasteiger partial charge on any atom is -0.295 e. The molecule has 0 aromatic rings. The quantitative estimate of drug-likeness (QED) is 0.526. The molecule has 1 fully saturated rings. The maximum atomic E-state index is 6.24. The maximum Gasteiger partial charge on any atom is 0.0463 e. The fourth-order valence-electron chi connectivity index (χ4n) is 2.88. The Morgan fingerprint density at radius 3 is 3.00 bits per heavy atom. The summed E-state index contributed by atoms with van der Waals surface area (Å²) >= 11 is 6.24.